The molecule has 0 amide bonds. The minimum Gasteiger partial charge on any atom is -0.493 e. The summed E-state index contributed by atoms with van der Waals surface area (Å²) >= 11 is 3.57. The normalized spacial score (nSPS) is 29.3. The van der Waals surface area contributed by atoms with Gasteiger partial charge in [0.05, 0.1) is 12.7 Å². The number of hydrogen-bond donors (Lipinski definition) is 2. The van der Waals surface area contributed by atoms with Gasteiger partial charge in [0.1, 0.15) is 5.75 Å². The van der Waals surface area contributed by atoms with Crippen LogP contribution in [0.3, 0.4) is 0 Å². The van der Waals surface area contributed by atoms with Gasteiger partial charge in [0, 0.05) is 22.9 Å². The SMILES string of the molecule is NCC1(Cc2cc(Br)cc3c2OCC3)CCCC1O. The molecule has 0 bridgehead atoms. The van der Waals surface area contributed by atoms with Gasteiger partial charge in [-0.1, -0.05) is 22.4 Å². The number of halogens is 1. The lowest BCUT2D eigenvalue weighted by atomic mass is 9.78. The number of hydrogen-bond acceptors (Lipinski definition) is 3. The summed E-state index contributed by atoms with van der Waals surface area (Å²) in [5.74, 6) is 1.02. The molecule has 2 aliphatic rings. The molecule has 0 saturated heterocycles. The molecule has 1 fully saturated rings. The zero-order chi connectivity index (χ0) is 13.5. The van der Waals surface area contributed by atoms with Crippen LogP contribution in [0.25, 0.3) is 0 Å². The first kappa shape index (κ1) is 13.4. The Bertz CT molecular complexity index is 491. The summed E-state index contributed by atoms with van der Waals surface area (Å²) in [6.07, 6.45) is 4.44. The van der Waals surface area contributed by atoms with Gasteiger partial charge >= 0.3 is 0 Å². The van der Waals surface area contributed by atoms with Gasteiger partial charge in [0.15, 0.2) is 0 Å². The quantitative estimate of drug-likeness (QED) is 0.897. The van der Waals surface area contributed by atoms with E-state index in [2.05, 4.69) is 28.1 Å². The molecule has 1 aromatic rings. The van der Waals surface area contributed by atoms with E-state index in [9.17, 15) is 5.11 Å². The number of ether oxygens (including phenoxy) is 1. The number of aliphatic hydroxyl groups is 1. The van der Waals surface area contributed by atoms with E-state index >= 15 is 0 Å². The molecule has 2 atom stereocenters. The van der Waals surface area contributed by atoms with E-state index in [1.54, 1.807) is 0 Å². The van der Waals surface area contributed by atoms with Crippen LogP contribution < -0.4 is 10.5 Å². The van der Waals surface area contributed by atoms with Crippen molar-refractivity contribution in [3.05, 3.63) is 27.7 Å². The fraction of sp³-hybridized carbons (Fsp3) is 0.600. The van der Waals surface area contributed by atoms with Gasteiger partial charge in [0.25, 0.3) is 0 Å². The van der Waals surface area contributed by atoms with Crippen LogP contribution in [0.15, 0.2) is 16.6 Å². The zero-order valence-corrected chi connectivity index (χ0v) is 12.6. The van der Waals surface area contributed by atoms with Crippen LogP contribution in [-0.2, 0) is 12.8 Å². The molecule has 0 radical (unpaired) electrons. The lowest BCUT2D eigenvalue weighted by Crippen LogP contribution is -2.39. The van der Waals surface area contributed by atoms with Crippen molar-refractivity contribution in [2.75, 3.05) is 13.2 Å². The average Bonchev–Trinajstić information content (AvgIpc) is 2.97. The van der Waals surface area contributed by atoms with Crippen LogP contribution in [0, 0.1) is 5.41 Å². The first-order chi connectivity index (χ1) is 9.14. The Hall–Kier alpha value is -0.580. The molecule has 3 rings (SSSR count). The second-order valence-corrected chi connectivity index (χ2v) is 6.72. The molecule has 1 aromatic carbocycles. The highest BCUT2D eigenvalue weighted by molar-refractivity contribution is 9.10. The Kier molecular flexibility index (Phi) is 3.58. The molecule has 3 N–H and O–H groups in total. The smallest absolute Gasteiger partial charge is 0.125 e. The van der Waals surface area contributed by atoms with Crippen molar-refractivity contribution < 1.29 is 9.84 Å². The third-order valence-electron chi connectivity index (χ3n) is 4.63. The zero-order valence-electron chi connectivity index (χ0n) is 11.0. The first-order valence-corrected chi connectivity index (χ1v) is 7.76. The van der Waals surface area contributed by atoms with Gasteiger partial charge < -0.3 is 15.6 Å². The lowest BCUT2D eigenvalue weighted by molar-refractivity contribution is 0.0584. The van der Waals surface area contributed by atoms with E-state index in [1.807, 2.05) is 0 Å². The fourth-order valence-corrected chi connectivity index (χ4v) is 4.05. The van der Waals surface area contributed by atoms with E-state index in [0.717, 1.165) is 48.9 Å². The molecule has 19 heavy (non-hydrogen) atoms. The summed E-state index contributed by atoms with van der Waals surface area (Å²) in [5, 5.41) is 10.3. The number of fused-ring (bicyclic) bond motifs is 1. The summed E-state index contributed by atoms with van der Waals surface area (Å²) in [4.78, 5) is 0. The highest BCUT2D eigenvalue weighted by Gasteiger charge is 2.41. The van der Waals surface area contributed by atoms with Crippen LogP contribution >= 0.6 is 15.9 Å². The van der Waals surface area contributed by atoms with E-state index in [1.165, 1.54) is 11.1 Å². The van der Waals surface area contributed by atoms with Crippen LogP contribution in [0.5, 0.6) is 5.75 Å². The van der Waals surface area contributed by atoms with Crippen LogP contribution in [0.2, 0.25) is 0 Å². The van der Waals surface area contributed by atoms with Crippen molar-refractivity contribution in [3.63, 3.8) is 0 Å². The van der Waals surface area contributed by atoms with E-state index < -0.39 is 0 Å². The molecule has 4 heteroatoms. The van der Waals surface area contributed by atoms with Gasteiger partial charge in [-0.05, 0) is 42.5 Å². The molecule has 0 spiro atoms. The number of rotatable bonds is 3. The molecule has 2 unspecified atom stereocenters. The third kappa shape index (κ3) is 2.30. The molecule has 3 nitrogen and oxygen atoms in total. The molecule has 1 saturated carbocycles. The Balaban J connectivity index is 1.95. The highest BCUT2D eigenvalue weighted by atomic mass is 79.9. The van der Waals surface area contributed by atoms with Gasteiger partial charge in [0.2, 0.25) is 0 Å². The van der Waals surface area contributed by atoms with Gasteiger partial charge in [-0.3, -0.25) is 0 Å². The van der Waals surface area contributed by atoms with Crippen molar-refractivity contribution in [2.24, 2.45) is 11.1 Å². The number of nitrogens with two attached hydrogens (primary N) is 1. The third-order valence-corrected chi connectivity index (χ3v) is 5.09. The van der Waals surface area contributed by atoms with Crippen molar-refractivity contribution >= 4 is 15.9 Å². The molecular weight excluding hydrogens is 306 g/mol. The lowest BCUT2D eigenvalue weighted by Gasteiger charge is -2.32. The minimum absolute atomic E-state index is 0.166. The molecule has 1 aliphatic carbocycles. The Morgan fingerprint density at radius 2 is 2.32 bits per heavy atom. The number of benzene rings is 1. The summed E-state index contributed by atoms with van der Waals surface area (Å²) in [6.45, 7) is 1.30. The van der Waals surface area contributed by atoms with Crippen molar-refractivity contribution in [1.82, 2.24) is 0 Å². The van der Waals surface area contributed by atoms with Crippen molar-refractivity contribution in [3.8, 4) is 5.75 Å². The van der Waals surface area contributed by atoms with Crippen LogP contribution in [-0.4, -0.2) is 24.4 Å². The highest BCUT2D eigenvalue weighted by Crippen LogP contribution is 2.44. The van der Waals surface area contributed by atoms with Gasteiger partial charge in [-0.25, -0.2) is 0 Å². The maximum absolute atomic E-state index is 10.3. The largest absolute Gasteiger partial charge is 0.493 e. The topological polar surface area (TPSA) is 55.5 Å². The van der Waals surface area contributed by atoms with Crippen molar-refractivity contribution in [1.29, 1.82) is 0 Å². The number of aliphatic hydroxyl groups excluding tert-OH is 1. The predicted octanol–water partition coefficient (Wildman–Crippen LogP) is 2.42. The maximum atomic E-state index is 10.3. The second kappa shape index (κ2) is 5.08. The molecular formula is C15H20BrNO2. The molecule has 1 heterocycles. The molecule has 1 aliphatic heterocycles. The van der Waals surface area contributed by atoms with Crippen molar-refractivity contribution in [2.45, 2.75) is 38.2 Å². The van der Waals surface area contributed by atoms with Gasteiger partial charge in [-0.15, -0.1) is 0 Å². The average molecular weight is 326 g/mol. The van der Waals surface area contributed by atoms with Crippen LogP contribution in [0.4, 0.5) is 0 Å². The second-order valence-electron chi connectivity index (χ2n) is 5.80. The first-order valence-electron chi connectivity index (χ1n) is 6.97. The Morgan fingerprint density at radius 3 is 3.00 bits per heavy atom. The summed E-state index contributed by atoms with van der Waals surface area (Å²) < 4.78 is 6.87. The van der Waals surface area contributed by atoms with Gasteiger partial charge in [-0.2, -0.15) is 0 Å². The summed E-state index contributed by atoms with van der Waals surface area (Å²) in [5.41, 5.74) is 8.27. The minimum atomic E-state index is -0.284. The Morgan fingerprint density at radius 1 is 1.47 bits per heavy atom. The Labute approximate surface area is 122 Å². The molecule has 104 valence electrons. The van der Waals surface area contributed by atoms with E-state index in [-0.39, 0.29) is 11.5 Å². The maximum Gasteiger partial charge on any atom is 0.125 e. The molecule has 0 aromatic heterocycles. The summed E-state index contributed by atoms with van der Waals surface area (Å²) in [7, 11) is 0. The fourth-order valence-electron chi connectivity index (χ4n) is 3.49. The monoisotopic (exact) mass is 325 g/mol. The van der Waals surface area contributed by atoms with E-state index in [0.29, 0.717) is 6.54 Å². The summed E-state index contributed by atoms with van der Waals surface area (Å²) in [6, 6.07) is 4.25. The predicted molar refractivity (Wildman–Crippen MR) is 78.4 cm³/mol. The van der Waals surface area contributed by atoms with E-state index in [4.69, 9.17) is 10.5 Å². The van der Waals surface area contributed by atoms with Crippen LogP contribution in [0.1, 0.15) is 30.4 Å². The standard InChI is InChI=1S/C15H20BrNO2/c16-12-6-10-3-5-19-14(10)11(7-12)8-15(9-17)4-1-2-13(15)18/h6-7,13,18H,1-5,8-9,17H2.